The van der Waals surface area contributed by atoms with Crippen molar-refractivity contribution in [2.24, 2.45) is 0 Å². The van der Waals surface area contributed by atoms with Crippen LogP contribution >= 0.6 is 11.3 Å². The molecule has 35 heavy (non-hydrogen) atoms. The number of aryl methyl sites for hydroxylation is 3. The second kappa shape index (κ2) is 9.67. The lowest BCUT2D eigenvalue weighted by molar-refractivity contribution is -0.118. The first-order valence-electron chi connectivity index (χ1n) is 11.0. The van der Waals surface area contributed by atoms with Crippen LogP contribution in [0.5, 0.6) is 0 Å². The van der Waals surface area contributed by atoms with Crippen LogP contribution in [0.1, 0.15) is 39.6 Å². The van der Waals surface area contributed by atoms with Gasteiger partial charge in [0.25, 0.3) is 5.56 Å². The molecule has 9 nitrogen and oxygen atoms in total. The Morgan fingerprint density at radius 1 is 1.20 bits per heavy atom. The number of esters is 1. The van der Waals surface area contributed by atoms with E-state index in [1.807, 2.05) is 44.2 Å². The van der Waals surface area contributed by atoms with Crippen LogP contribution in [-0.4, -0.2) is 37.8 Å². The molecule has 0 radical (unpaired) electrons. The number of anilines is 1. The van der Waals surface area contributed by atoms with Crippen LogP contribution in [0.25, 0.3) is 16.7 Å². The molecule has 0 bridgehead atoms. The van der Waals surface area contributed by atoms with Gasteiger partial charge in [0.1, 0.15) is 23.2 Å². The van der Waals surface area contributed by atoms with Crippen molar-refractivity contribution in [2.45, 2.75) is 33.7 Å². The molecule has 1 amide bonds. The number of rotatable bonds is 7. The number of hydrogen-bond acceptors (Lipinski definition) is 7. The predicted octanol–water partition coefficient (Wildman–Crippen LogP) is 4.11. The van der Waals surface area contributed by atoms with E-state index in [1.165, 1.54) is 16.7 Å². The maximum Gasteiger partial charge on any atom is 0.350 e. The monoisotopic (exact) mass is 491 g/mol. The fourth-order valence-electron chi connectivity index (χ4n) is 3.92. The maximum atomic E-state index is 13.2. The van der Waals surface area contributed by atoms with E-state index in [1.54, 1.807) is 18.5 Å². The van der Waals surface area contributed by atoms with Gasteiger partial charge in [0.2, 0.25) is 5.91 Å². The molecular formula is C25H25N5O4S. The summed E-state index contributed by atoms with van der Waals surface area (Å²) >= 11 is 1.02. The van der Waals surface area contributed by atoms with Crippen molar-refractivity contribution in [1.29, 1.82) is 0 Å². The van der Waals surface area contributed by atoms with Gasteiger partial charge in [-0.25, -0.2) is 14.5 Å². The molecule has 0 aliphatic heterocycles. The normalized spacial score (nSPS) is 11.9. The van der Waals surface area contributed by atoms with Crippen molar-refractivity contribution in [3.05, 3.63) is 81.2 Å². The first-order valence-corrected chi connectivity index (χ1v) is 11.8. The number of aromatic nitrogens is 4. The van der Waals surface area contributed by atoms with Gasteiger partial charge in [0.15, 0.2) is 5.13 Å². The van der Waals surface area contributed by atoms with Gasteiger partial charge in [-0.05, 0) is 45.4 Å². The maximum absolute atomic E-state index is 13.2. The molecule has 1 unspecified atom stereocenters. The van der Waals surface area contributed by atoms with E-state index in [2.05, 4.69) is 22.0 Å². The SMILES string of the molecule is C=CCOC(=O)c1sc(NC(=O)C(C)n2c(=O)cc(C)c3c(C)nn(-c4ccccc4)c32)nc1C. The third kappa shape index (κ3) is 4.52. The smallest absolute Gasteiger partial charge is 0.350 e. The standard InChI is InChI=1S/C25H25N5O4S/c1-6-12-34-24(33)21-16(4)26-25(35-21)27-22(32)17(5)29-19(31)13-14(2)20-15(3)28-30(23(20)29)18-10-8-7-9-11-18/h6-11,13,17H,1,12H2,2-5H3,(H,26,27,32). The number of para-hydroxylation sites is 1. The van der Waals surface area contributed by atoms with Crippen LogP contribution in [0, 0.1) is 20.8 Å². The van der Waals surface area contributed by atoms with Crippen LogP contribution in [-0.2, 0) is 9.53 Å². The molecule has 3 aromatic heterocycles. The van der Waals surface area contributed by atoms with Gasteiger partial charge in [-0.1, -0.05) is 42.2 Å². The molecule has 0 saturated carbocycles. The summed E-state index contributed by atoms with van der Waals surface area (Å²) in [5, 5.41) is 8.45. The summed E-state index contributed by atoms with van der Waals surface area (Å²) in [6.07, 6.45) is 1.47. The Hall–Kier alpha value is -4.05. The van der Waals surface area contributed by atoms with Crippen molar-refractivity contribution in [2.75, 3.05) is 11.9 Å². The van der Waals surface area contributed by atoms with Crippen LogP contribution in [0.2, 0.25) is 0 Å². The second-order valence-electron chi connectivity index (χ2n) is 8.05. The van der Waals surface area contributed by atoms with Crippen molar-refractivity contribution in [3.63, 3.8) is 0 Å². The number of amides is 1. The van der Waals surface area contributed by atoms with Crippen molar-refractivity contribution >= 4 is 39.4 Å². The fraction of sp³-hybridized carbons (Fsp3) is 0.240. The summed E-state index contributed by atoms with van der Waals surface area (Å²) < 4.78 is 8.19. The third-order valence-electron chi connectivity index (χ3n) is 5.55. The average molecular weight is 492 g/mol. The molecule has 0 aliphatic rings. The van der Waals surface area contributed by atoms with E-state index in [0.717, 1.165) is 33.7 Å². The molecule has 180 valence electrons. The van der Waals surface area contributed by atoms with E-state index in [4.69, 9.17) is 4.74 Å². The summed E-state index contributed by atoms with van der Waals surface area (Å²) in [4.78, 5) is 43.2. The first-order chi connectivity index (χ1) is 16.7. The van der Waals surface area contributed by atoms with Crippen molar-refractivity contribution in [3.8, 4) is 5.69 Å². The quantitative estimate of drug-likeness (QED) is 0.308. The molecule has 1 aromatic carbocycles. The third-order valence-corrected chi connectivity index (χ3v) is 6.60. The molecule has 0 fully saturated rings. The highest BCUT2D eigenvalue weighted by atomic mass is 32.1. The highest BCUT2D eigenvalue weighted by molar-refractivity contribution is 7.17. The minimum atomic E-state index is -0.885. The van der Waals surface area contributed by atoms with E-state index < -0.39 is 17.9 Å². The number of benzene rings is 1. The summed E-state index contributed by atoms with van der Waals surface area (Å²) in [5.74, 6) is -0.984. The largest absolute Gasteiger partial charge is 0.457 e. The second-order valence-corrected chi connectivity index (χ2v) is 9.05. The van der Waals surface area contributed by atoms with Gasteiger partial charge in [-0.15, -0.1) is 0 Å². The van der Waals surface area contributed by atoms with E-state index >= 15 is 0 Å². The van der Waals surface area contributed by atoms with Crippen molar-refractivity contribution in [1.82, 2.24) is 19.3 Å². The molecule has 1 N–H and O–H groups in total. The molecule has 4 aromatic rings. The average Bonchev–Trinajstić information content (AvgIpc) is 3.37. The Labute approximate surface area is 205 Å². The van der Waals surface area contributed by atoms with Gasteiger partial charge in [-0.3, -0.25) is 14.2 Å². The molecule has 3 heterocycles. The Morgan fingerprint density at radius 2 is 1.91 bits per heavy atom. The molecule has 0 aliphatic carbocycles. The summed E-state index contributed by atoms with van der Waals surface area (Å²) in [5.41, 5.74) is 2.96. The van der Waals surface area contributed by atoms with Gasteiger partial charge < -0.3 is 10.1 Å². The number of hydrogen-bond donors (Lipinski definition) is 1. The number of nitrogens with one attached hydrogen (secondary N) is 1. The predicted molar refractivity (Wildman–Crippen MR) is 135 cm³/mol. The first kappa shape index (κ1) is 24.1. The lowest BCUT2D eigenvalue weighted by atomic mass is 10.1. The zero-order valence-electron chi connectivity index (χ0n) is 19.9. The number of pyridine rings is 1. The number of fused-ring (bicyclic) bond motifs is 1. The Balaban J connectivity index is 1.73. The van der Waals surface area contributed by atoms with E-state index in [-0.39, 0.29) is 17.3 Å². The van der Waals surface area contributed by atoms with Gasteiger partial charge in [0.05, 0.1) is 17.1 Å². The highest BCUT2D eigenvalue weighted by Crippen LogP contribution is 2.27. The Bertz CT molecular complexity index is 1500. The van der Waals surface area contributed by atoms with Crippen LogP contribution in [0.15, 0.2) is 53.8 Å². The van der Waals surface area contributed by atoms with Crippen molar-refractivity contribution < 1.29 is 14.3 Å². The zero-order valence-corrected chi connectivity index (χ0v) is 20.7. The van der Waals surface area contributed by atoms with Crippen LogP contribution < -0.4 is 10.9 Å². The lowest BCUT2D eigenvalue weighted by Gasteiger charge is -2.18. The highest BCUT2D eigenvalue weighted by Gasteiger charge is 2.25. The van der Waals surface area contributed by atoms with Gasteiger partial charge >= 0.3 is 5.97 Å². The molecular weight excluding hydrogens is 466 g/mol. The molecule has 10 heteroatoms. The molecule has 1 atom stereocenters. The topological polar surface area (TPSA) is 108 Å². The summed E-state index contributed by atoms with van der Waals surface area (Å²) in [7, 11) is 0. The molecule has 4 rings (SSSR count). The number of ether oxygens (including phenoxy) is 1. The Morgan fingerprint density at radius 3 is 2.60 bits per heavy atom. The van der Waals surface area contributed by atoms with Crippen LogP contribution in [0.3, 0.4) is 0 Å². The number of thiazole rings is 1. The number of carbonyl (C=O) groups is 2. The summed E-state index contributed by atoms with van der Waals surface area (Å²) in [6, 6.07) is 10.1. The van der Waals surface area contributed by atoms with Gasteiger partial charge in [0, 0.05) is 11.5 Å². The van der Waals surface area contributed by atoms with Gasteiger partial charge in [-0.2, -0.15) is 5.10 Å². The van der Waals surface area contributed by atoms with E-state index in [9.17, 15) is 14.4 Å². The zero-order chi connectivity index (χ0) is 25.3. The molecule has 0 spiro atoms. The minimum Gasteiger partial charge on any atom is -0.457 e. The number of nitrogens with zero attached hydrogens (tertiary/aromatic N) is 4. The van der Waals surface area contributed by atoms with Crippen LogP contribution in [0.4, 0.5) is 5.13 Å². The minimum absolute atomic E-state index is 0.0791. The fourth-order valence-corrected chi connectivity index (χ4v) is 4.78. The molecule has 0 saturated heterocycles. The lowest BCUT2D eigenvalue weighted by Crippen LogP contribution is -2.32. The number of carbonyl (C=O) groups excluding carboxylic acids is 2. The Kier molecular flexibility index (Phi) is 6.65. The van der Waals surface area contributed by atoms with E-state index in [0.29, 0.717) is 16.2 Å². The summed E-state index contributed by atoms with van der Waals surface area (Å²) in [6.45, 7) is 10.6.